The van der Waals surface area contributed by atoms with Crippen LogP contribution in [-0.2, 0) is 0 Å². The van der Waals surface area contributed by atoms with Gasteiger partial charge >= 0.3 is 0 Å². The Bertz CT molecular complexity index is 133. The predicted molar refractivity (Wildman–Crippen MR) is 63.6 cm³/mol. The van der Waals surface area contributed by atoms with E-state index in [1.54, 1.807) is 0 Å². The second-order valence-electron chi connectivity index (χ2n) is 4.75. The highest BCUT2D eigenvalue weighted by Crippen LogP contribution is 2.18. The van der Waals surface area contributed by atoms with Crippen molar-refractivity contribution in [3.63, 3.8) is 0 Å². The van der Waals surface area contributed by atoms with Gasteiger partial charge in [-0.05, 0) is 25.7 Å². The first-order chi connectivity index (χ1) is 6.86. The van der Waals surface area contributed by atoms with E-state index in [1.807, 2.05) is 0 Å². The van der Waals surface area contributed by atoms with E-state index in [4.69, 9.17) is 0 Å². The molecule has 84 valence electrons. The molecule has 0 saturated carbocycles. The fourth-order valence-corrected chi connectivity index (χ4v) is 2.48. The molecule has 1 fully saturated rings. The molecule has 0 unspecified atom stereocenters. The third-order valence-corrected chi connectivity index (χ3v) is 3.48. The zero-order valence-corrected chi connectivity index (χ0v) is 10.0. The van der Waals surface area contributed by atoms with E-state index in [0.717, 1.165) is 12.1 Å². The minimum atomic E-state index is 0.819. The van der Waals surface area contributed by atoms with Gasteiger partial charge in [-0.1, -0.05) is 46.0 Å². The SMILES string of the molecule is CCCCCC[C@@H]1CCC[C@H](CC)N1. The van der Waals surface area contributed by atoms with Gasteiger partial charge in [-0.25, -0.2) is 0 Å². The molecule has 0 aliphatic carbocycles. The first-order valence-corrected chi connectivity index (χ1v) is 6.62. The van der Waals surface area contributed by atoms with Crippen molar-refractivity contribution in [3.05, 3.63) is 0 Å². The summed E-state index contributed by atoms with van der Waals surface area (Å²) in [5.74, 6) is 0. The van der Waals surface area contributed by atoms with Crippen molar-refractivity contribution in [2.24, 2.45) is 0 Å². The zero-order valence-electron chi connectivity index (χ0n) is 10.0. The molecular formula is C13H27N. The fraction of sp³-hybridized carbons (Fsp3) is 1.00. The lowest BCUT2D eigenvalue weighted by atomic mass is 9.93. The van der Waals surface area contributed by atoms with E-state index in [9.17, 15) is 0 Å². The van der Waals surface area contributed by atoms with Crippen LogP contribution in [0.2, 0.25) is 0 Å². The molecule has 0 bridgehead atoms. The van der Waals surface area contributed by atoms with Gasteiger partial charge in [0.1, 0.15) is 0 Å². The molecular weight excluding hydrogens is 170 g/mol. The number of unbranched alkanes of at least 4 members (excludes halogenated alkanes) is 3. The van der Waals surface area contributed by atoms with E-state index in [1.165, 1.54) is 57.8 Å². The zero-order chi connectivity index (χ0) is 10.2. The van der Waals surface area contributed by atoms with Crippen molar-refractivity contribution in [2.75, 3.05) is 0 Å². The Balaban J connectivity index is 2.05. The molecule has 0 aromatic heterocycles. The third-order valence-electron chi connectivity index (χ3n) is 3.48. The van der Waals surface area contributed by atoms with Crippen LogP contribution in [-0.4, -0.2) is 12.1 Å². The summed E-state index contributed by atoms with van der Waals surface area (Å²) in [5, 5.41) is 3.78. The maximum absolute atomic E-state index is 3.78. The monoisotopic (exact) mass is 197 g/mol. The summed E-state index contributed by atoms with van der Waals surface area (Å²) in [6, 6.07) is 1.66. The van der Waals surface area contributed by atoms with Gasteiger partial charge in [0.25, 0.3) is 0 Å². The van der Waals surface area contributed by atoms with Crippen molar-refractivity contribution in [2.45, 2.75) is 83.7 Å². The molecule has 0 radical (unpaired) electrons. The number of hydrogen-bond donors (Lipinski definition) is 1. The molecule has 1 nitrogen and oxygen atoms in total. The van der Waals surface area contributed by atoms with Crippen molar-refractivity contribution < 1.29 is 0 Å². The summed E-state index contributed by atoms with van der Waals surface area (Å²) in [5.41, 5.74) is 0. The molecule has 1 N–H and O–H groups in total. The van der Waals surface area contributed by atoms with Crippen LogP contribution in [0.15, 0.2) is 0 Å². The second kappa shape index (κ2) is 7.28. The summed E-state index contributed by atoms with van der Waals surface area (Å²) in [6.07, 6.45) is 12.6. The summed E-state index contributed by atoms with van der Waals surface area (Å²) < 4.78 is 0. The molecule has 14 heavy (non-hydrogen) atoms. The third kappa shape index (κ3) is 4.45. The predicted octanol–water partition coefficient (Wildman–Crippen LogP) is 3.88. The van der Waals surface area contributed by atoms with Gasteiger partial charge < -0.3 is 5.32 Å². The average molecular weight is 197 g/mol. The number of hydrogen-bond acceptors (Lipinski definition) is 1. The fourth-order valence-electron chi connectivity index (χ4n) is 2.48. The molecule has 0 aromatic rings. The lowest BCUT2D eigenvalue weighted by Crippen LogP contribution is -2.41. The van der Waals surface area contributed by atoms with Gasteiger partial charge in [0.15, 0.2) is 0 Å². The maximum Gasteiger partial charge on any atom is 0.00696 e. The number of nitrogens with one attached hydrogen (secondary N) is 1. The smallest absolute Gasteiger partial charge is 0.00696 e. The minimum Gasteiger partial charge on any atom is -0.311 e. The Kier molecular flexibility index (Phi) is 6.25. The number of rotatable bonds is 6. The molecule has 1 heteroatoms. The van der Waals surface area contributed by atoms with Crippen molar-refractivity contribution in [1.29, 1.82) is 0 Å². The van der Waals surface area contributed by atoms with Gasteiger partial charge in [-0.3, -0.25) is 0 Å². The van der Waals surface area contributed by atoms with Crippen molar-refractivity contribution in [3.8, 4) is 0 Å². The van der Waals surface area contributed by atoms with Crippen LogP contribution in [0.3, 0.4) is 0 Å². The van der Waals surface area contributed by atoms with E-state index >= 15 is 0 Å². The van der Waals surface area contributed by atoms with Crippen LogP contribution in [0, 0.1) is 0 Å². The highest BCUT2D eigenvalue weighted by Gasteiger charge is 2.18. The van der Waals surface area contributed by atoms with Gasteiger partial charge in [0.05, 0.1) is 0 Å². The quantitative estimate of drug-likeness (QED) is 0.637. The molecule has 1 rings (SSSR count). The van der Waals surface area contributed by atoms with E-state index in [0.29, 0.717) is 0 Å². The first-order valence-electron chi connectivity index (χ1n) is 6.62. The molecule has 0 spiro atoms. The molecule has 2 atom stereocenters. The van der Waals surface area contributed by atoms with Gasteiger partial charge in [0, 0.05) is 12.1 Å². The Morgan fingerprint density at radius 1 is 1.00 bits per heavy atom. The minimum absolute atomic E-state index is 0.819. The van der Waals surface area contributed by atoms with Crippen molar-refractivity contribution >= 4 is 0 Å². The Labute approximate surface area is 89.7 Å². The molecule has 0 amide bonds. The highest BCUT2D eigenvalue weighted by atomic mass is 15.0. The lowest BCUT2D eigenvalue weighted by molar-refractivity contribution is 0.296. The summed E-state index contributed by atoms with van der Waals surface area (Å²) >= 11 is 0. The second-order valence-corrected chi connectivity index (χ2v) is 4.75. The molecule has 1 heterocycles. The summed E-state index contributed by atoms with van der Waals surface area (Å²) in [4.78, 5) is 0. The topological polar surface area (TPSA) is 12.0 Å². The number of piperidine rings is 1. The average Bonchev–Trinajstić information content (AvgIpc) is 2.25. The van der Waals surface area contributed by atoms with Crippen LogP contribution in [0.4, 0.5) is 0 Å². The lowest BCUT2D eigenvalue weighted by Gasteiger charge is -2.30. The largest absolute Gasteiger partial charge is 0.311 e. The Morgan fingerprint density at radius 3 is 2.50 bits per heavy atom. The Hall–Kier alpha value is -0.0400. The normalized spacial score (nSPS) is 27.9. The summed E-state index contributed by atoms with van der Waals surface area (Å²) in [7, 11) is 0. The highest BCUT2D eigenvalue weighted by molar-refractivity contribution is 4.79. The van der Waals surface area contributed by atoms with Crippen LogP contribution in [0.1, 0.15) is 71.6 Å². The molecule has 1 aliphatic heterocycles. The van der Waals surface area contributed by atoms with Crippen LogP contribution in [0.25, 0.3) is 0 Å². The maximum atomic E-state index is 3.78. The van der Waals surface area contributed by atoms with E-state index < -0.39 is 0 Å². The molecule has 0 aromatic carbocycles. The standard InChI is InChI=1S/C13H27N/c1-3-5-6-7-9-13-11-8-10-12(4-2)14-13/h12-14H,3-11H2,1-2H3/t12-,13+/m0/s1. The van der Waals surface area contributed by atoms with Crippen LogP contribution < -0.4 is 5.32 Å². The Morgan fingerprint density at radius 2 is 1.79 bits per heavy atom. The molecule has 1 saturated heterocycles. The van der Waals surface area contributed by atoms with Crippen LogP contribution in [0.5, 0.6) is 0 Å². The first kappa shape index (κ1) is 12.0. The van der Waals surface area contributed by atoms with Gasteiger partial charge in [-0.15, -0.1) is 0 Å². The van der Waals surface area contributed by atoms with E-state index in [-0.39, 0.29) is 0 Å². The van der Waals surface area contributed by atoms with Crippen LogP contribution >= 0.6 is 0 Å². The van der Waals surface area contributed by atoms with Gasteiger partial charge in [-0.2, -0.15) is 0 Å². The van der Waals surface area contributed by atoms with E-state index in [2.05, 4.69) is 19.2 Å². The van der Waals surface area contributed by atoms with Crippen molar-refractivity contribution in [1.82, 2.24) is 5.32 Å². The summed E-state index contributed by atoms with van der Waals surface area (Å²) in [6.45, 7) is 4.59. The van der Waals surface area contributed by atoms with Gasteiger partial charge in [0.2, 0.25) is 0 Å². The molecule has 1 aliphatic rings.